The third kappa shape index (κ3) is 2.21. The zero-order chi connectivity index (χ0) is 11.1. The van der Waals surface area contributed by atoms with Crippen LogP contribution in [0.3, 0.4) is 0 Å². The van der Waals surface area contributed by atoms with E-state index in [0.717, 1.165) is 6.42 Å². The Morgan fingerprint density at radius 3 is 2.67 bits per heavy atom. The van der Waals surface area contributed by atoms with Gasteiger partial charge in [0.05, 0.1) is 17.7 Å². The van der Waals surface area contributed by atoms with Crippen LogP contribution in [0.5, 0.6) is 0 Å². The highest BCUT2D eigenvalue weighted by molar-refractivity contribution is 5.00. The maximum absolute atomic E-state index is 5.98. The first-order valence-corrected chi connectivity index (χ1v) is 5.40. The van der Waals surface area contributed by atoms with Crippen molar-refractivity contribution in [3.8, 4) is 0 Å². The minimum atomic E-state index is -0.115. The molecule has 0 bridgehead atoms. The molecular formula is C11H19N3O. The molecule has 0 aliphatic heterocycles. The molecule has 15 heavy (non-hydrogen) atoms. The van der Waals surface area contributed by atoms with Gasteiger partial charge in [-0.15, -0.1) is 0 Å². The molecule has 3 atom stereocenters. The lowest BCUT2D eigenvalue weighted by molar-refractivity contribution is -0.129. The molecule has 2 rings (SSSR count). The minimum Gasteiger partial charge on any atom is -0.370 e. The van der Waals surface area contributed by atoms with Gasteiger partial charge in [-0.1, -0.05) is 0 Å². The average molecular weight is 209 g/mol. The van der Waals surface area contributed by atoms with Crippen LogP contribution in [0.2, 0.25) is 0 Å². The van der Waals surface area contributed by atoms with E-state index in [1.165, 1.54) is 0 Å². The molecule has 1 heterocycles. The van der Waals surface area contributed by atoms with E-state index in [1.807, 2.05) is 16.9 Å². The fourth-order valence-electron chi connectivity index (χ4n) is 2.02. The lowest BCUT2D eigenvalue weighted by Crippen LogP contribution is -2.55. The molecule has 0 aromatic carbocycles. The number of nitrogens with two attached hydrogens (primary N) is 1. The largest absolute Gasteiger partial charge is 0.370 e. The van der Waals surface area contributed by atoms with E-state index in [4.69, 9.17) is 10.5 Å². The molecule has 1 aliphatic carbocycles. The molecule has 1 aliphatic rings. The van der Waals surface area contributed by atoms with Crippen LogP contribution < -0.4 is 5.73 Å². The van der Waals surface area contributed by atoms with Crippen molar-refractivity contribution in [2.45, 2.75) is 51.0 Å². The van der Waals surface area contributed by atoms with Crippen LogP contribution in [0.15, 0.2) is 18.5 Å². The van der Waals surface area contributed by atoms with Gasteiger partial charge in [-0.25, -0.2) is 0 Å². The van der Waals surface area contributed by atoms with Crippen molar-refractivity contribution >= 4 is 0 Å². The van der Waals surface area contributed by atoms with Crippen LogP contribution >= 0.6 is 0 Å². The van der Waals surface area contributed by atoms with Gasteiger partial charge in [0.1, 0.15) is 0 Å². The van der Waals surface area contributed by atoms with E-state index >= 15 is 0 Å². The molecular weight excluding hydrogens is 190 g/mol. The molecule has 1 fully saturated rings. The van der Waals surface area contributed by atoms with Crippen molar-refractivity contribution in [1.82, 2.24) is 9.78 Å². The SMILES string of the molecule is CC(C)(C)O[C@@H]1C[C@H](N)[C@H]1n1cccn1. The topological polar surface area (TPSA) is 53.1 Å². The molecule has 0 unspecified atom stereocenters. The first kappa shape index (κ1) is 10.6. The second kappa shape index (κ2) is 3.61. The summed E-state index contributed by atoms with van der Waals surface area (Å²) in [7, 11) is 0. The van der Waals surface area contributed by atoms with Crippen molar-refractivity contribution in [2.75, 3.05) is 0 Å². The predicted molar refractivity (Wildman–Crippen MR) is 58.5 cm³/mol. The minimum absolute atomic E-state index is 0.115. The fraction of sp³-hybridized carbons (Fsp3) is 0.727. The molecule has 1 aromatic rings. The summed E-state index contributed by atoms with van der Waals surface area (Å²) in [6.45, 7) is 6.20. The van der Waals surface area contributed by atoms with Crippen molar-refractivity contribution in [3.63, 3.8) is 0 Å². The standard InChI is InChI=1S/C11H19N3O/c1-11(2,3)15-9-7-8(12)10(9)14-6-4-5-13-14/h4-6,8-10H,7,12H2,1-3H3/t8-,9+,10+/m0/s1. The molecule has 84 valence electrons. The van der Waals surface area contributed by atoms with Crippen LogP contribution in [-0.2, 0) is 4.74 Å². The number of aromatic nitrogens is 2. The van der Waals surface area contributed by atoms with E-state index in [0.29, 0.717) is 0 Å². The van der Waals surface area contributed by atoms with Gasteiger partial charge >= 0.3 is 0 Å². The maximum atomic E-state index is 5.98. The molecule has 2 N–H and O–H groups in total. The van der Waals surface area contributed by atoms with Gasteiger partial charge in [-0.05, 0) is 33.3 Å². The molecule has 0 amide bonds. The Morgan fingerprint density at radius 2 is 2.20 bits per heavy atom. The van der Waals surface area contributed by atoms with Gasteiger partial charge in [0, 0.05) is 18.4 Å². The Labute approximate surface area is 90.4 Å². The van der Waals surface area contributed by atoms with Crippen molar-refractivity contribution in [3.05, 3.63) is 18.5 Å². The third-order valence-electron chi connectivity index (χ3n) is 2.66. The Morgan fingerprint density at radius 1 is 1.47 bits per heavy atom. The monoisotopic (exact) mass is 209 g/mol. The summed E-state index contributed by atoms with van der Waals surface area (Å²) >= 11 is 0. The second-order valence-corrected chi connectivity index (χ2v) is 5.14. The number of ether oxygens (including phenoxy) is 1. The smallest absolute Gasteiger partial charge is 0.0932 e. The van der Waals surface area contributed by atoms with Gasteiger partial charge < -0.3 is 10.5 Å². The Kier molecular flexibility index (Phi) is 2.56. The first-order chi connectivity index (χ1) is 6.97. The quantitative estimate of drug-likeness (QED) is 0.799. The Hall–Kier alpha value is -0.870. The third-order valence-corrected chi connectivity index (χ3v) is 2.66. The molecule has 0 saturated heterocycles. The normalized spacial score (nSPS) is 31.3. The summed E-state index contributed by atoms with van der Waals surface area (Å²) in [6.07, 6.45) is 4.84. The Bertz CT molecular complexity index is 315. The predicted octanol–water partition coefficient (Wildman–Crippen LogP) is 1.34. The van der Waals surface area contributed by atoms with E-state index in [2.05, 4.69) is 25.9 Å². The lowest BCUT2D eigenvalue weighted by Gasteiger charge is -2.45. The van der Waals surface area contributed by atoms with E-state index < -0.39 is 0 Å². The van der Waals surface area contributed by atoms with Crippen LogP contribution in [0.25, 0.3) is 0 Å². The van der Waals surface area contributed by atoms with E-state index in [1.54, 1.807) is 6.20 Å². The van der Waals surface area contributed by atoms with Gasteiger partial charge in [-0.2, -0.15) is 5.10 Å². The van der Waals surface area contributed by atoms with Crippen LogP contribution in [0.4, 0.5) is 0 Å². The van der Waals surface area contributed by atoms with Gasteiger partial charge in [0.2, 0.25) is 0 Å². The highest BCUT2D eigenvalue weighted by atomic mass is 16.5. The maximum Gasteiger partial charge on any atom is 0.0932 e. The number of nitrogens with zero attached hydrogens (tertiary/aromatic N) is 2. The molecule has 0 spiro atoms. The molecule has 1 saturated carbocycles. The van der Waals surface area contributed by atoms with Gasteiger partial charge in [-0.3, -0.25) is 4.68 Å². The van der Waals surface area contributed by atoms with Crippen molar-refractivity contribution < 1.29 is 4.74 Å². The van der Waals surface area contributed by atoms with Gasteiger partial charge in [0.25, 0.3) is 0 Å². The van der Waals surface area contributed by atoms with Crippen molar-refractivity contribution in [2.24, 2.45) is 5.73 Å². The summed E-state index contributed by atoms with van der Waals surface area (Å²) in [4.78, 5) is 0. The number of hydrogen-bond acceptors (Lipinski definition) is 3. The van der Waals surface area contributed by atoms with Gasteiger partial charge in [0.15, 0.2) is 0 Å². The van der Waals surface area contributed by atoms with E-state index in [9.17, 15) is 0 Å². The highest BCUT2D eigenvalue weighted by Crippen LogP contribution is 2.35. The highest BCUT2D eigenvalue weighted by Gasteiger charge is 2.43. The van der Waals surface area contributed by atoms with Crippen LogP contribution in [0.1, 0.15) is 33.2 Å². The number of hydrogen-bond donors (Lipinski definition) is 1. The fourth-order valence-corrected chi connectivity index (χ4v) is 2.02. The summed E-state index contributed by atoms with van der Waals surface area (Å²) in [5.41, 5.74) is 5.87. The number of rotatable bonds is 2. The molecule has 0 radical (unpaired) electrons. The molecule has 4 heteroatoms. The second-order valence-electron chi connectivity index (χ2n) is 5.14. The molecule has 4 nitrogen and oxygen atoms in total. The zero-order valence-corrected chi connectivity index (χ0v) is 9.55. The average Bonchev–Trinajstić information content (AvgIpc) is 2.53. The van der Waals surface area contributed by atoms with E-state index in [-0.39, 0.29) is 23.8 Å². The van der Waals surface area contributed by atoms with Crippen LogP contribution in [0, 0.1) is 0 Å². The Balaban J connectivity index is 2.04. The van der Waals surface area contributed by atoms with Crippen LogP contribution in [-0.4, -0.2) is 27.5 Å². The summed E-state index contributed by atoms with van der Waals surface area (Å²) in [5, 5.41) is 4.23. The zero-order valence-electron chi connectivity index (χ0n) is 9.55. The summed E-state index contributed by atoms with van der Waals surface area (Å²) in [6, 6.07) is 2.27. The lowest BCUT2D eigenvalue weighted by atomic mass is 9.83. The molecule has 1 aromatic heterocycles. The summed E-state index contributed by atoms with van der Waals surface area (Å²) in [5.74, 6) is 0. The first-order valence-electron chi connectivity index (χ1n) is 5.40. The van der Waals surface area contributed by atoms with Crippen molar-refractivity contribution in [1.29, 1.82) is 0 Å². The summed E-state index contributed by atoms with van der Waals surface area (Å²) < 4.78 is 7.85.